The number of carbonyl (C=O) groups excluding carboxylic acids is 1. The molecule has 34 heavy (non-hydrogen) atoms. The summed E-state index contributed by atoms with van der Waals surface area (Å²) in [5.74, 6) is -2.61. The molecule has 0 radical (unpaired) electrons. The lowest BCUT2D eigenvalue weighted by Gasteiger charge is -2.26. The Balaban J connectivity index is 0.000000406. The van der Waals surface area contributed by atoms with E-state index in [1.54, 1.807) is 36.5 Å². The van der Waals surface area contributed by atoms with Crippen molar-refractivity contribution in [2.24, 2.45) is 0 Å². The van der Waals surface area contributed by atoms with Crippen LogP contribution in [0.3, 0.4) is 0 Å². The molecule has 0 spiro atoms. The lowest BCUT2D eigenvalue weighted by molar-refractivity contribution is -0.192. The fourth-order valence-corrected chi connectivity index (χ4v) is 4.49. The SMILES string of the molecule is CN1CCc2nc(C(=O)N(C)C(c3ccc(F)cc3)c3ncc[nH]3)sc2C1.O=C(O)C(F)(F)F. The first-order chi connectivity index (χ1) is 16.0. The highest BCUT2D eigenvalue weighted by atomic mass is 32.1. The number of amides is 1. The fourth-order valence-electron chi connectivity index (χ4n) is 3.32. The molecule has 0 saturated heterocycles. The molecule has 3 heterocycles. The van der Waals surface area contributed by atoms with Gasteiger partial charge in [0.05, 0.1) is 5.69 Å². The van der Waals surface area contributed by atoms with E-state index in [-0.39, 0.29) is 11.7 Å². The molecule has 1 aliphatic heterocycles. The van der Waals surface area contributed by atoms with Crippen molar-refractivity contribution in [3.05, 3.63) is 69.4 Å². The van der Waals surface area contributed by atoms with Crippen LogP contribution in [0, 0.1) is 5.82 Å². The highest BCUT2D eigenvalue weighted by Gasteiger charge is 2.38. The van der Waals surface area contributed by atoms with E-state index in [9.17, 15) is 22.4 Å². The molecule has 182 valence electrons. The Bertz CT molecular complexity index is 1130. The molecule has 13 heteroatoms. The van der Waals surface area contributed by atoms with E-state index in [4.69, 9.17) is 9.90 Å². The maximum absolute atomic E-state index is 13.4. The van der Waals surface area contributed by atoms with Crippen molar-refractivity contribution >= 4 is 23.2 Å². The van der Waals surface area contributed by atoms with Crippen LogP contribution in [0.4, 0.5) is 17.6 Å². The van der Waals surface area contributed by atoms with Crippen LogP contribution in [-0.4, -0.2) is 68.6 Å². The van der Waals surface area contributed by atoms with Crippen LogP contribution in [-0.2, 0) is 17.8 Å². The van der Waals surface area contributed by atoms with E-state index < -0.39 is 18.2 Å². The molecule has 1 aliphatic rings. The van der Waals surface area contributed by atoms with E-state index in [1.807, 2.05) is 0 Å². The number of hydrogen-bond donors (Lipinski definition) is 2. The normalized spacial score (nSPS) is 14.5. The Hall–Kier alpha value is -3.32. The third-order valence-corrected chi connectivity index (χ3v) is 6.09. The molecule has 2 aromatic heterocycles. The average molecular weight is 499 g/mol. The van der Waals surface area contributed by atoms with Gasteiger partial charge in [0.25, 0.3) is 5.91 Å². The quantitative estimate of drug-likeness (QED) is 0.533. The van der Waals surface area contributed by atoms with Crippen LogP contribution in [0.15, 0.2) is 36.7 Å². The highest BCUT2D eigenvalue weighted by molar-refractivity contribution is 7.13. The van der Waals surface area contributed by atoms with Crippen molar-refractivity contribution in [1.29, 1.82) is 0 Å². The molecule has 0 fully saturated rings. The molecular weight excluding hydrogens is 478 g/mol. The molecule has 0 bridgehead atoms. The van der Waals surface area contributed by atoms with Crippen molar-refractivity contribution in [3.63, 3.8) is 0 Å². The number of thiazole rings is 1. The van der Waals surface area contributed by atoms with Crippen LogP contribution < -0.4 is 0 Å². The Morgan fingerprint density at radius 2 is 1.91 bits per heavy atom. The van der Waals surface area contributed by atoms with Crippen LogP contribution in [0.25, 0.3) is 0 Å². The average Bonchev–Trinajstić information content (AvgIpc) is 3.44. The van der Waals surface area contributed by atoms with Gasteiger partial charge in [-0.25, -0.2) is 19.2 Å². The second-order valence-corrected chi connectivity index (χ2v) is 8.61. The van der Waals surface area contributed by atoms with E-state index in [0.29, 0.717) is 10.8 Å². The summed E-state index contributed by atoms with van der Waals surface area (Å²) in [4.78, 5) is 39.0. The summed E-state index contributed by atoms with van der Waals surface area (Å²) in [6, 6.07) is 5.68. The molecule has 1 aromatic carbocycles. The number of fused-ring (bicyclic) bond motifs is 1. The van der Waals surface area contributed by atoms with Crippen molar-refractivity contribution in [1.82, 2.24) is 24.8 Å². The van der Waals surface area contributed by atoms with Crippen molar-refractivity contribution in [2.75, 3.05) is 20.6 Å². The summed E-state index contributed by atoms with van der Waals surface area (Å²) in [6.45, 7) is 1.77. The molecule has 0 aliphatic carbocycles. The molecule has 1 atom stereocenters. The summed E-state index contributed by atoms with van der Waals surface area (Å²) >= 11 is 1.45. The highest BCUT2D eigenvalue weighted by Crippen LogP contribution is 2.30. The molecule has 1 amide bonds. The van der Waals surface area contributed by atoms with Gasteiger partial charge in [-0.3, -0.25) is 4.79 Å². The number of aliphatic carboxylic acids is 1. The first-order valence-corrected chi connectivity index (χ1v) is 10.8. The third kappa shape index (κ3) is 5.97. The minimum atomic E-state index is -5.08. The van der Waals surface area contributed by atoms with Gasteiger partial charge in [-0.05, 0) is 24.7 Å². The Kier molecular flexibility index (Phi) is 7.67. The number of benzene rings is 1. The summed E-state index contributed by atoms with van der Waals surface area (Å²) in [7, 11) is 3.79. The van der Waals surface area contributed by atoms with E-state index in [1.165, 1.54) is 23.5 Å². The number of rotatable bonds is 4. The number of carbonyl (C=O) groups is 2. The minimum absolute atomic E-state index is 0.164. The lowest BCUT2D eigenvalue weighted by atomic mass is 10.0. The number of carboxylic acids is 1. The van der Waals surface area contributed by atoms with Gasteiger partial charge in [-0.15, -0.1) is 11.3 Å². The number of aromatic amines is 1. The second kappa shape index (κ2) is 10.3. The fraction of sp³-hybridized carbons (Fsp3) is 0.333. The number of H-pyrrole nitrogens is 1. The van der Waals surface area contributed by atoms with Gasteiger partial charge < -0.3 is 19.9 Å². The smallest absolute Gasteiger partial charge is 0.475 e. The Labute approximate surface area is 195 Å². The van der Waals surface area contributed by atoms with Crippen LogP contribution in [0.2, 0.25) is 0 Å². The zero-order valence-electron chi connectivity index (χ0n) is 18.1. The molecule has 3 aromatic rings. The van der Waals surface area contributed by atoms with Crippen molar-refractivity contribution in [2.45, 2.75) is 25.2 Å². The molecule has 4 rings (SSSR count). The van der Waals surface area contributed by atoms with Gasteiger partial charge in [0, 0.05) is 43.8 Å². The largest absolute Gasteiger partial charge is 0.490 e. The van der Waals surface area contributed by atoms with E-state index in [2.05, 4.69) is 26.9 Å². The second-order valence-electron chi connectivity index (χ2n) is 7.52. The Morgan fingerprint density at radius 1 is 1.26 bits per heavy atom. The van der Waals surface area contributed by atoms with Gasteiger partial charge in [0.15, 0.2) is 5.01 Å². The van der Waals surface area contributed by atoms with Gasteiger partial charge in [0.1, 0.15) is 17.7 Å². The maximum Gasteiger partial charge on any atom is 0.490 e. The topological polar surface area (TPSA) is 102 Å². The van der Waals surface area contributed by atoms with Gasteiger partial charge in [-0.1, -0.05) is 12.1 Å². The number of carboxylic acid groups (broad SMARTS) is 1. The number of halogens is 4. The molecule has 2 N–H and O–H groups in total. The van der Waals surface area contributed by atoms with Gasteiger partial charge in [0.2, 0.25) is 0 Å². The lowest BCUT2D eigenvalue weighted by Crippen LogP contribution is -2.32. The van der Waals surface area contributed by atoms with Gasteiger partial charge in [-0.2, -0.15) is 13.2 Å². The molecule has 8 nitrogen and oxygen atoms in total. The van der Waals surface area contributed by atoms with E-state index >= 15 is 0 Å². The zero-order chi connectivity index (χ0) is 25.0. The van der Waals surface area contributed by atoms with Crippen molar-refractivity contribution < 1.29 is 32.3 Å². The minimum Gasteiger partial charge on any atom is -0.475 e. The predicted molar refractivity (Wildman–Crippen MR) is 115 cm³/mol. The van der Waals surface area contributed by atoms with Gasteiger partial charge >= 0.3 is 12.1 Å². The monoisotopic (exact) mass is 499 g/mol. The first-order valence-electron chi connectivity index (χ1n) is 9.96. The van der Waals surface area contributed by atoms with Crippen LogP contribution >= 0.6 is 11.3 Å². The summed E-state index contributed by atoms with van der Waals surface area (Å²) in [5.41, 5.74) is 1.80. The van der Waals surface area contributed by atoms with Crippen LogP contribution in [0.1, 0.15) is 37.8 Å². The molecular formula is C21H21F4N5O3S. The summed E-state index contributed by atoms with van der Waals surface area (Å²) in [6.07, 6.45) is -0.872. The summed E-state index contributed by atoms with van der Waals surface area (Å²) < 4.78 is 45.1. The number of likely N-dealkylation sites (N-methyl/N-ethyl adjacent to an activating group) is 1. The number of alkyl halides is 3. The van der Waals surface area contributed by atoms with Crippen LogP contribution in [0.5, 0.6) is 0 Å². The Morgan fingerprint density at radius 3 is 2.47 bits per heavy atom. The van der Waals surface area contributed by atoms with E-state index in [0.717, 1.165) is 35.6 Å². The maximum atomic E-state index is 13.4. The number of imidazole rings is 1. The summed E-state index contributed by atoms with van der Waals surface area (Å²) in [5, 5.41) is 7.61. The standard InChI is InChI=1S/C19H20FN5OS.C2HF3O2/c1-24-10-7-14-15(11-24)27-18(23-14)19(26)25(2)16(17-21-8-9-22-17)12-3-5-13(20)6-4-12;3-2(4,5)1(6)7/h3-6,8-9,16H,7,10-11H2,1-2H3,(H,21,22);(H,6,7). The number of nitrogens with zero attached hydrogens (tertiary/aromatic N) is 4. The molecule has 1 unspecified atom stereocenters. The number of aromatic nitrogens is 3. The molecule has 0 saturated carbocycles. The predicted octanol–water partition coefficient (Wildman–Crippen LogP) is 3.49. The number of hydrogen-bond acceptors (Lipinski definition) is 6. The number of nitrogens with one attached hydrogen (secondary N) is 1. The first kappa shape index (κ1) is 25.3. The van der Waals surface area contributed by atoms with Crippen molar-refractivity contribution in [3.8, 4) is 0 Å². The zero-order valence-corrected chi connectivity index (χ0v) is 19.0. The third-order valence-electron chi connectivity index (χ3n) is 5.02.